The molecule has 1 aromatic carbocycles. The van der Waals surface area contributed by atoms with E-state index in [1.807, 2.05) is 12.1 Å². The van der Waals surface area contributed by atoms with Crippen molar-refractivity contribution in [3.63, 3.8) is 0 Å². The van der Waals surface area contributed by atoms with Crippen LogP contribution in [0.1, 0.15) is 48.3 Å². The number of nitrogens with two attached hydrogens (primary N) is 1. The zero-order chi connectivity index (χ0) is 12.4. The van der Waals surface area contributed by atoms with Gasteiger partial charge in [0.1, 0.15) is 0 Å². The first-order valence-electron chi connectivity index (χ1n) is 6.19. The smallest absolute Gasteiger partial charge is 0.312 e. The Morgan fingerprint density at radius 3 is 3.00 bits per heavy atom. The molecule has 1 aliphatic rings. The van der Waals surface area contributed by atoms with Crippen LogP contribution in [0, 0.1) is 0 Å². The van der Waals surface area contributed by atoms with Gasteiger partial charge in [-0.15, -0.1) is 0 Å². The molecule has 0 amide bonds. The lowest BCUT2D eigenvalue weighted by atomic mass is 9.81. The lowest BCUT2D eigenvalue weighted by Crippen LogP contribution is -2.21. The SMILES string of the molecule is CC1CCCc2ccc(C(CN)C(=O)O)cc21. The van der Waals surface area contributed by atoms with Gasteiger partial charge in [0.15, 0.2) is 0 Å². The first-order chi connectivity index (χ1) is 8.13. The van der Waals surface area contributed by atoms with E-state index in [1.54, 1.807) is 0 Å². The van der Waals surface area contributed by atoms with Crippen LogP contribution in [0.2, 0.25) is 0 Å². The van der Waals surface area contributed by atoms with E-state index >= 15 is 0 Å². The van der Waals surface area contributed by atoms with Crippen LogP contribution in [0.15, 0.2) is 18.2 Å². The second-order valence-electron chi connectivity index (χ2n) is 4.88. The number of aryl methyl sites for hydroxylation is 1. The molecule has 1 aromatic rings. The van der Waals surface area contributed by atoms with Crippen molar-refractivity contribution in [1.29, 1.82) is 0 Å². The summed E-state index contributed by atoms with van der Waals surface area (Å²) in [5.41, 5.74) is 9.06. The van der Waals surface area contributed by atoms with Crippen molar-refractivity contribution in [3.05, 3.63) is 34.9 Å². The molecule has 0 aromatic heterocycles. The third-order valence-electron chi connectivity index (χ3n) is 3.72. The van der Waals surface area contributed by atoms with Crippen molar-refractivity contribution >= 4 is 5.97 Å². The molecule has 2 unspecified atom stereocenters. The standard InChI is InChI=1S/C14H19NO2/c1-9-3-2-4-10-5-6-11(7-12(9)10)13(8-15)14(16)17/h5-7,9,13H,2-4,8,15H2,1H3,(H,16,17). The number of aliphatic carboxylic acids is 1. The van der Waals surface area contributed by atoms with Crippen LogP contribution >= 0.6 is 0 Å². The van der Waals surface area contributed by atoms with Gasteiger partial charge in [0, 0.05) is 6.54 Å². The Morgan fingerprint density at radius 1 is 1.59 bits per heavy atom. The number of rotatable bonds is 3. The van der Waals surface area contributed by atoms with E-state index in [9.17, 15) is 4.79 Å². The molecule has 92 valence electrons. The Balaban J connectivity index is 2.37. The van der Waals surface area contributed by atoms with Crippen molar-refractivity contribution in [2.45, 2.75) is 38.0 Å². The number of carboxylic acid groups (broad SMARTS) is 1. The second-order valence-corrected chi connectivity index (χ2v) is 4.88. The van der Waals surface area contributed by atoms with Gasteiger partial charge in [-0.1, -0.05) is 25.1 Å². The molecule has 0 spiro atoms. The molecule has 0 saturated heterocycles. The molecule has 0 saturated carbocycles. The average Bonchev–Trinajstić information content (AvgIpc) is 2.30. The van der Waals surface area contributed by atoms with Gasteiger partial charge in [-0.3, -0.25) is 4.79 Å². The van der Waals surface area contributed by atoms with Crippen LogP contribution in [0.3, 0.4) is 0 Å². The molecule has 0 aliphatic heterocycles. The van der Waals surface area contributed by atoms with Crippen LogP contribution in [-0.4, -0.2) is 17.6 Å². The zero-order valence-electron chi connectivity index (χ0n) is 10.1. The highest BCUT2D eigenvalue weighted by atomic mass is 16.4. The number of benzene rings is 1. The Hall–Kier alpha value is -1.35. The molecule has 17 heavy (non-hydrogen) atoms. The molecule has 2 rings (SSSR count). The first kappa shape index (κ1) is 12.1. The molecular formula is C14H19NO2. The van der Waals surface area contributed by atoms with E-state index in [2.05, 4.69) is 13.0 Å². The molecule has 0 bridgehead atoms. The zero-order valence-corrected chi connectivity index (χ0v) is 10.1. The van der Waals surface area contributed by atoms with E-state index in [0.717, 1.165) is 12.0 Å². The van der Waals surface area contributed by atoms with Crippen molar-refractivity contribution in [3.8, 4) is 0 Å². The average molecular weight is 233 g/mol. The van der Waals surface area contributed by atoms with Gasteiger partial charge < -0.3 is 10.8 Å². The summed E-state index contributed by atoms with van der Waals surface area (Å²) in [5, 5.41) is 9.12. The van der Waals surface area contributed by atoms with E-state index in [4.69, 9.17) is 10.8 Å². The molecule has 3 nitrogen and oxygen atoms in total. The summed E-state index contributed by atoms with van der Waals surface area (Å²) in [6, 6.07) is 6.04. The highest BCUT2D eigenvalue weighted by Crippen LogP contribution is 2.33. The van der Waals surface area contributed by atoms with Gasteiger partial charge in [-0.25, -0.2) is 0 Å². The topological polar surface area (TPSA) is 63.3 Å². The second kappa shape index (κ2) is 4.88. The highest BCUT2D eigenvalue weighted by Gasteiger charge is 2.22. The minimum absolute atomic E-state index is 0.155. The maximum absolute atomic E-state index is 11.1. The summed E-state index contributed by atoms with van der Waals surface area (Å²) < 4.78 is 0. The minimum Gasteiger partial charge on any atom is -0.481 e. The van der Waals surface area contributed by atoms with Gasteiger partial charge >= 0.3 is 5.97 Å². The monoisotopic (exact) mass is 233 g/mol. The highest BCUT2D eigenvalue weighted by molar-refractivity contribution is 5.76. The number of hydrogen-bond acceptors (Lipinski definition) is 2. The lowest BCUT2D eigenvalue weighted by Gasteiger charge is -2.24. The Morgan fingerprint density at radius 2 is 2.35 bits per heavy atom. The molecule has 1 aliphatic carbocycles. The van der Waals surface area contributed by atoms with Crippen molar-refractivity contribution in [2.24, 2.45) is 5.73 Å². The van der Waals surface area contributed by atoms with E-state index in [-0.39, 0.29) is 6.54 Å². The molecule has 3 N–H and O–H groups in total. The molecule has 2 atom stereocenters. The fourth-order valence-electron chi connectivity index (χ4n) is 2.65. The predicted octanol–water partition coefficient (Wildman–Crippen LogP) is 2.25. The summed E-state index contributed by atoms with van der Waals surface area (Å²) in [5.74, 6) is -0.878. The van der Waals surface area contributed by atoms with Crippen LogP contribution in [-0.2, 0) is 11.2 Å². The summed E-state index contributed by atoms with van der Waals surface area (Å²) in [4.78, 5) is 11.1. The van der Waals surface area contributed by atoms with Crippen LogP contribution < -0.4 is 5.73 Å². The first-order valence-corrected chi connectivity index (χ1v) is 6.19. The minimum atomic E-state index is -0.837. The van der Waals surface area contributed by atoms with Gasteiger partial charge in [-0.2, -0.15) is 0 Å². The summed E-state index contributed by atoms with van der Waals surface area (Å²) in [6.07, 6.45) is 3.53. The van der Waals surface area contributed by atoms with Crippen molar-refractivity contribution < 1.29 is 9.90 Å². The van der Waals surface area contributed by atoms with E-state index in [0.29, 0.717) is 5.92 Å². The summed E-state index contributed by atoms with van der Waals surface area (Å²) in [7, 11) is 0. The third-order valence-corrected chi connectivity index (χ3v) is 3.72. The number of fused-ring (bicyclic) bond motifs is 1. The molecule has 0 radical (unpaired) electrons. The van der Waals surface area contributed by atoms with Gasteiger partial charge in [0.05, 0.1) is 5.92 Å². The summed E-state index contributed by atoms with van der Waals surface area (Å²) in [6.45, 7) is 2.36. The van der Waals surface area contributed by atoms with Crippen LogP contribution in [0.5, 0.6) is 0 Å². The quantitative estimate of drug-likeness (QED) is 0.841. The Kier molecular flexibility index (Phi) is 3.48. The Labute approximate surface area is 102 Å². The normalized spacial score (nSPS) is 20.7. The molecule has 0 fully saturated rings. The molecule has 0 heterocycles. The van der Waals surface area contributed by atoms with Gasteiger partial charge in [-0.05, 0) is 41.9 Å². The fraction of sp³-hybridized carbons (Fsp3) is 0.500. The van der Waals surface area contributed by atoms with Crippen LogP contribution in [0.4, 0.5) is 0 Å². The Bertz CT molecular complexity index is 428. The van der Waals surface area contributed by atoms with E-state index < -0.39 is 11.9 Å². The summed E-state index contributed by atoms with van der Waals surface area (Å²) >= 11 is 0. The fourth-order valence-corrected chi connectivity index (χ4v) is 2.65. The maximum Gasteiger partial charge on any atom is 0.312 e. The van der Waals surface area contributed by atoms with Crippen molar-refractivity contribution in [1.82, 2.24) is 0 Å². The number of carboxylic acids is 1. The van der Waals surface area contributed by atoms with Crippen LogP contribution in [0.25, 0.3) is 0 Å². The lowest BCUT2D eigenvalue weighted by molar-refractivity contribution is -0.138. The molecule has 3 heteroatoms. The van der Waals surface area contributed by atoms with E-state index in [1.165, 1.54) is 24.0 Å². The van der Waals surface area contributed by atoms with Crippen molar-refractivity contribution in [2.75, 3.05) is 6.54 Å². The van der Waals surface area contributed by atoms with Gasteiger partial charge in [0.2, 0.25) is 0 Å². The molecular weight excluding hydrogens is 214 g/mol. The number of carbonyl (C=O) groups is 1. The third kappa shape index (κ3) is 2.34. The largest absolute Gasteiger partial charge is 0.481 e. The predicted molar refractivity (Wildman–Crippen MR) is 67.2 cm³/mol. The maximum atomic E-state index is 11.1. The number of hydrogen-bond donors (Lipinski definition) is 2. The van der Waals surface area contributed by atoms with Gasteiger partial charge in [0.25, 0.3) is 0 Å².